The summed E-state index contributed by atoms with van der Waals surface area (Å²) < 4.78 is 5.55. The first-order chi connectivity index (χ1) is 17.6. The number of nitrogens with zero attached hydrogens (tertiary/aromatic N) is 1. The van der Waals surface area contributed by atoms with E-state index in [4.69, 9.17) is 4.42 Å². The number of carbonyl (C=O) groups excluding carboxylic acids is 2. The third-order valence-corrected chi connectivity index (χ3v) is 7.95. The largest absolute Gasteiger partial charge is 0.508 e. The monoisotopic (exact) mass is 511 g/mol. The molecule has 4 rings (SSSR count). The molecule has 0 atom stereocenters. The third-order valence-electron chi connectivity index (χ3n) is 7.95. The Kier molecular flexibility index (Phi) is 8.26. The highest BCUT2D eigenvalue weighted by molar-refractivity contribution is 5.93. The van der Waals surface area contributed by atoms with Crippen LogP contribution in [0.3, 0.4) is 0 Å². The Hall–Kier alpha value is -2.87. The van der Waals surface area contributed by atoms with Gasteiger partial charge in [-0.3, -0.25) is 14.4 Å². The van der Waals surface area contributed by atoms with Crippen LogP contribution in [-0.2, 0) is 4.79 Å². The highest BCUT2D eigenvalue weighted by atomic mass is 16.3. The molecule has 0 bridgehead atoms. The van der Waals surface area contributed by atoms with E-state index in [0.29, 0.717) is 17.8 Å². The number of hydrogen-bond acceptors (Lipinski definition) is 6. The van der Waals surface area contributed by atoms with Crippen LogP contribution in [-0.4, -0.2) is 53.5 Å². The first-order valence-electron chi connectivity index (χ1n) is 13.7. The van der Waals surface area contributed by atoms with E-state index in [2.05, 4.69) is 36.3 Å². The molecule has 1 aromatic carbocycles. The normalized spacial score (nSPS) is 19.0. The second-order valence-corrected chi connectivity index (χ2v) is 11.8. The van der Waals surface area contributed by atoms with Crippen molar-refractivity contribution in [3.63, 3.8) is 0 Å². The van der Waals surface area contributed by atoms with Gasteiger partial charge in [-0.2, -0.15) is 0 Å². The number of amides is 2. The molecule has 0 unspecified atom stereocenters. The van der Waals surface area contributed by atoms with E-state index in [1.807, 2.05) is 0 Å². The van der Waals surface area contributed by atoms with Crippen LogP contribution in [0.15, 0.2) is 33.5 Å². The van der Waals surface area contributed by atoms with Crippen molar-refractivity contribution in [3.05, 3.63) is 40.2 Å². The zero-order valence-corrected chi connectivity index (χ0v) is 22.4. The van der Waals surface area contributed by atoms with Crippen molar-refractivity contribution in [2.24, 2.45) is 11.3 Å². The number of piperidine rings is 1. The summed E-state index contributed by atoms with van der Waals surface area (Å²) in [6.07, 6.45) is 8.52. The van der Waals surface area contributed by atoms with E-state index in [1.165, 1.54) is 43.5 Å². The Balaban J connectivity index is 1.29. The van der Waals surface area contributed by atoms with Crippen LogP contribution in [0.5, 0.6) is 5.75 Å². The van der Waals surface area contributed by atoms with Gasteiger partial charge in [0.25, 0.3) is 5.91 Å². The van der Waals surface area contributed by atoms with Crippen molar-refractivity contribution in [3.8, 4) is 5.75 Å². The van der Waals surface area contributed by atoms with Crippen LogP contribution in [0.25, 0.3) is 11.0 Å². The fourth-order valence-electron chi connectivity index (χ4n) is 5.96. The lowest BCUT2D eigenvalue weighted by molar-refractivity contribution is -0.141. The van der Waals surface area contributed by atoms with Crippen LogP contribution in [0.2, 0.25) is 0 Å². The summed E-state index contributed by atoms with van der Waals surface area (Å²) in [5.74, 6) is 0.144. The maximum atomic E-state index is 13.5. The molecule has 1 saturated carbocycles. The fourth-order valence-corrected chi connectivity index (χ4v) is 5.96. The third kappa shape index (κ3) is 6.53. The van der Waals surface area contributed by atoms with Gasteiger partial charge in [-0.1, -0.05) is 19.3 Å². The summed E-state index contributed by atoms with van der Waals surface area (Å²) in [5, 5.41) is 16.1. The number of likely N-dealkylation sites (tertiary alicyclic amines) is 1. The molecule has 2 aliphatic rings. The van der Waals surface area contributed by atoms with Crippen molar-refractivity contribution in [1.29, 1.82) is 0 Å². The van der Waals surface area contributed by atoms with Crippen molar-refractivity contribution < 1.29 is 19.1 Å². The molecule has 2 fully saturated rings. The number of benzene rings is 1. The minimum absolute atomic E-state index is 0.0295. The standard InChI is InChI=1S/C29H41N3O5/c1-28(2,3)31-27(36)29(20-8-5-4-6-9-20)12-16-32(17-13-29)15-7-14-30-26(35)25-19-23(34)22-11-10-21(33)18-24(22)37-25/h10-11,18-20,33H,4-9,12-17H2,1-3H3,(H,30,35)(H,31,36). The lowest BCUT2D eigenvalue weighted by atomic mass is 9.63. The lowest BCUT2D eigenvalue weighted by Crippen LogP contribution is -2.56. The molecule has 37 heavy (non-hydrogen) atoms. The van der Waals surface area contributed by atoms with E-state index in [0.717, 1.165) is 51.7 Å². The number of rotatable bonds is 7. The Labute approximate surface area is 218 Å². The SMILES string of the molecule is CC(C)(C)NC(=O)C1(C2CCCCC2)CCN(CCCNC(=O)c2cc(=O)c3ccc(O)cc3o2)CC1. The van der Waals surface area contributed by atoms with Crippen LogP contribution >= 0.6 is 0 Å². The molecular formula is C29H41N3O5. The number of fused-ring (bicyclic) bond motifs is 1. The number of nitrogens with one attached hydrogen (secondary N) is 2. The van der Waals surface area contributed by atoms with Gasteiger partial charge in [-0.25, -0.2) is 0 Å². The highest BCUT2D eigenvalue weighted by Gasteiger charge is 2.48. The molecule has 1 aliphatic heterocycles. The summed E-state index contributed by atoms with van der Waals surface area (Å²) in [6, 6.07) is 5.41. The van der Waals surface area contributed by atoms with Gasteiger partial charge < -0.3 is 25.1 Å². The second-order valence-electron chi connectivity index (χ2n) is 11.8. The molecule has 2 heterocycles. The zero-order chi connectivity index (χ0) is 26.6. The molecule has 202 valence electrons. The van der Waals surface area contributed by atoms with Gasteiger partial charge in [0.05, 0.1) is 10.8 Å². The Morgan fingerprint density at radius 3 is 2.49 bits per heavy atom. The molecule has 0 radical (unpaired) electrons. The van der Waals surface area contributed by atoms with Crippen molar-refractivity contribution in [2.45, 2.75) is 77.7 Å². The average molecular weight is 512 g/mol. The number of phenolic OH excluding ortho intramolecular Hbond substituents is 1. The lowest BCUT2D eigenvalue weighted by Gasteiger charge is -2.47. The predicted molar refractivity (Wildman–Crippen MR) is 144 cm³/mol. The molecule has 1 saturated heterocycles. The van der Waals surface area contributed by atoms with Gasteiger partial charge >= 0.3 is 0 Å². The van der Waals surface area contributed by atoms with Crippen LogP contribution in [0.4, 0.5) is 0 Å². The van der Waals surface area contributed by atoms with Gasteiger partial charge in [-0.15, -0.1) is 0 Å². The molecule has 8 nitrogen and oxygen atoms in total. The van der Waals surface area contributed by atoms with Gasteiger partial charge in [0.2, 0.25) is 5.91 Å². The van der Waals surface area contributed by atoms with Crippen molar-refractivity contribution in [1.82, 2.24) is 15.5 Å². The van der Waals surface area contributed by atoms with Crippen molar-refractivity contribution in [2.75, 3.05) is 26.2 Å². The predicted octanol–water partition coefficient (Wildman–Crippen LogP) is 4.20. The molecule has 3 N–H and O–H groups in total. The number of carbonyl (C=O) groups is 2. The Morgan fingerprint density at radius 2 is 1.81 bits per heavy atom. The summed E-state index contributed by atoms with van der Waals surface area (Å²) in [7, 11) is 0. The van der Waals surface area contributed by atoms with Crippen LogP contribution < -0.4 is 16.1 Å². The minimum atomic E-state index is -0.448. The zero-order valence-electron chi connectivity index (χ0n) is 22.4. The average Bonchev–Trinajstić information content (AvgIpc) is 2.86. The second kappa shape index (κ2) is 11.3. The maximum absolute atomic E-state index is 13.5. The Bertz CT molecular complexity index is 1170. The number of aromatic hydroxyl groups is 1. The molecule has 2 amide bonds. The quantitative estimate of drug-likeness (QED) is 0.481. The molecule has 0 spiro atoms. The molecule has 2 aromatic rings. The summed E-state index contributed by atoms with van der Waals surface area (Å²) in [5.41, 5.74) is -0.654. The topological polar surface area (TPSA) is 112 Å². The molecule has 8 heteroatoms. The summed E-state index contributed by atoms with van der Waals surface area (Å²) in [4.78, 5) is 40.7. The maximum Gasteiger partial charge on any atom is 0.287 e. The first-order valence-corrected chi connectivity index (χ1v) is 13.7. The van der Waals surface area contributed by atoms with E-state index < -0.39 is 5.91 Å². The Morgan fingerprint density at radius 1 is 1.11 bits per heavy atom. The summed E-state index contributed by atoms with van der Waals surface area (Å²) >= 11 is 0. The molecule has 1 aliphatic carbocycles. The van der Waals surface area contributed by atoms with Gasteiger partial charge in [0.1, 0.15) is 11.3 Å². The smallest absolute Gasteiger partial charge is 0.287 e. The van der Waals surface area contributed by atoms with Crippen molar-refractivity contribution >= 4 is 22.8 Å². The minimum Gasteiger partial charge on any atom is -0.508 e. The van der Waals surface area contributed by atoms with Crippen LogP contribution in [0.1, 0.15) is 82.7 Å². The molecular weight excluding hydrogens is 470 g/mol. The van der Waals surface area contributed by atoms with E-state index in [-0.39, 0.29) is 39.4 Å². The summed E-state index contributed by atoms with van der Waals surface area (Å²) in [6.45, 7) is 9.20. The van der Waals surface area contributed by atoms with E-state index in [1.54, 1.807) is 0 Å². The van der Waals surface area contributed by atoms with E-state index >= 15 is 0 Å². The first kappa shape index (κ1) is 27.2. The number of hydrogen-bond donors (Lipinski definition) is 3. The highest BCUT2D eigenvalue weighted by Crippen LogP contribution is 2.46. The van der Waals surface area contributed by atoms with Gasteiger partial charge in [-0.05, 0) is 90.6 Å². The fraction of sp³-hybridized carbons (Fsp3) is 0.621. The van der Waals surface area contributed by atoms with Gasteiger partial charge in [0, 0.05) is 24.2 Å². The van der Waals surface area contributed by atoms with Gasteiger partial charge in [0.15, 0.2) is 11.2 Å². The number of phenols is 1. The van der Waals surface area contributed by atoms with Crippen LogP contribution in [0, 0.1) is 11.3 Å². The molecule has 1 aromatic heterocycles. The van der Waals surface area contributed by atoms with E-state index in [9.17, 15) is 19.5 Å².